The number of ether oxygens (including phenoxy) is 11. The fraction of sp³-hybridized carbons (Fsp3) is 0.871. The lowest BCUT2D eigenvalue weighted by Crippen LogP contribution is -2.16. The van der Waals surface area contributed by atoms with Gasteiger partial charge in [0.1, 0.15) is 13.2 Å². The molecule has 0 aliphatic carbocycles. The van der Waals surface area contributed by atoms with Crippen LogP contribution in [-0.4, -0.2) is 144 Å². The Balaban J connectivity index is 3.11. The fourth-order valence-electron chi connectivity index (χ4n) is 3.16. The van der Waals surface area contributed by atoms with Crippen LogP contribution in [0.25, 0.3) is 0 Å². The first-order valence-corrected chi connectivity index (χ1v) is 15.8. The van der Waals surface area contributed by atoms with Crippen molar-refractivity contribution in [3.63, 3.8) is 0 Å². The summed E-state index contributed by atoms with van der Waals surface area (Å²) in [5.41, 5.74) is 0.368. The zero-order chi connectivity index (χ0) is 32.2. The maximum absolute atomic E-state index is 11.5. The molecule has 0 saturated heterocycles. The molecule has 0 aliphatic rings. The lowest BCUT2D eigenvalue weighted by atomic mass is 10.2. The molecule has 0 saturated carbocycles. The first kappa shape index (κ1) is 42.3. The van der Waals surface area contributed by atoms with Gasteiger partial charge in [0, 0.05) is 12.0 Å². The van der Waals surface area contributed by atoms with E-state index in [0.29, 0.717) is 131 Å². The van der Waals surface area contributed by atoms with Crippen LogP contribution in [0, 0.1) is 0 Å². The van der Waals surface area contributed by atoms with Crippen LogP contribution in [-0.2, 0) is 61.7 Å². The van der Waals surface area contributed by atoms with Gasteiger partial charge in [-0.15, -0.1) is 0 Å². The van der Waals surface area contributed by atoms with E-state index >= 15 is 0 Å². The standard InChI is InChI=1S/C31H58O13/c1-4-5-6-7-8-30(32)43-27-25-41-23-21-39-19-17-37-15-13-35-11-9-34-10-12-36-14-16-38-18-20-40-22-24-42-26-28-44-31(33)29(2)3/h2,4-28H2,1,3H3. The van der Waals surface area contributed by atoms with Crippen molar-refractivity contribution in [3.8, 4) is 0 Å². The van der Waals surface area contributed by atoms with Gasteiger partial charge in [-0.1, -0.05) is 32.8 Å². The smallest absolute Gasteiger partial charge is 0.333 e. The highest BCUT2D eigenvalue weighted by atomic mass is 16.6. The lowest BCUT2D eigenvalue weighted by molar-refractivity contribution is -0.145. The van der Waals surface area contributed by atoms with Gasteiger partial charge in [-0.3, -0.25) is 4.79 Å². The third-order valence-corrected chi connectivity index (χ3v) is 5.51. The Morgan fingerprint density at radius 2 is 0.727 bits per heavy atom. The number of carbonyl (C=O) groups excluding carboxylic acids is 2. The molecule has 0 bridgehead atoms. The Kier molecular flexibility index (Phi) is 34.4. The van der Waals surface area contributed by atoms with Gasteiger partial charge in [-0.2, -0.15) is 0 Å². The van der Waals surface area contributed by atoms with Crippen molar-refractivity contribution < 1.29 is 61.7 Å². The average molecular weight is 639 g/mol. The SMILES string of the molecule is C=C(C)C(=O)OCCOCCOCCOCCOCCOCCOCCOCCOCCOCCOC(=O)CCCCCC. The van der Waals surface area contributed by atoms with Gasteiger partial charge in [0.05, 0.1) is 119 Å². The second kappa shape index (κ2) is 35.8. The van der Waals surface area contributed by atoms with Gasteiger partial charge >= 0.3 is 11.9 Å². The summed E-state index contributed by atoms with van der Waals surface area (Å²) < 4.78 is 58.8. The van der Waals surface area contributed by atoms with Crippen molar-refractivity contribution >= 4 is 11.9 Å². The van der Waals surface area contributed by atoms with E-state index in [1.807, 2.05) is 0 Å². The molecule has 0 heterocycles. The molecule has 0 N–H and O–H groups in total. The van der Waals surface area contributed by atoms with Crippen molar-refractivity contribution in [1.82, 2.24) is 0 Å². The van der Waals surface area contributed by atoms with Crippen LogP contribution in [0.15, 0.2) is 12.2 Å². The molecule has 13 nitrogen and oxygen atoms in total. The molecule has 0 fully saturated rings. The predicted molar refractivity (Wildman–Crippen MR) is 163 cm³/mol. The number of hydrogen-bond donors (Lipinski definition) is 0. The first-order chi connectivity index (χ1) is 21.6. The van der Waals surface area contributed by atoms with E-state index in [4.69, 9.17) is 52.1 Å². The van der Waals surface area contributed by atoms with E-state index in [-0.39, 0.29) is 19.2 Å². The van der Waals surface area contributed by atoms with Gasteiger partial charge in [0.25, 0.3) is 0 Å². The number of rotatable bonds is 36. The van der Waals surface area contributed by atoms with Crippen LogP contribution in [0.2, 0.25) is 0 Å². The van der Waals surface area contributed by atoms with Gasteiger partial charge in [0.2, 0.25) is 0 Å². The number of carbonyl (C=O) groups is 2. The second-order valence-corrected chi connectivity index (χ2v) is 9.46. The van der Waals surface area contributed by atoms with E-state index in [9.17, 15) is 9.59 Å². The monoisotopic (exact) mass is 638 g/mol. The van der Waals surface area contributed by atoms with Crippen LogP contribution < -0.4 is 0 Å². The topological polar surface area (TPSA) is 136 Å². The second-order valence-electron chi connectivity index (χ2n) is 9.46. The highest BCUT2D eigenvalue weighted by Gasteiger charge is 2.03. The quantitative estimate of drug-likeness (QED) is 0.0566. The van der Waals surface area contributed by atoms with Crippen LogP contribution in [0.3, 0.4) is 0 Å². The van der Waals surface area contributed by atoms with Gasteiger partial charge in [-0.05, 0) is 13.3 Å². The van der Waals surface area contributed by atoms with E-state index < -0.39 is 5.97 Å². The summed E-state index contributed by atoms with van der Waals surface area (Å²) in [6.45, 7) is 16.0. The number of unbranched alkanes of at least 4 members (excludes halogenated alkanes) is 3. The van der Waals surface area contributed by atoms with Gasteiger partial charge in [-0.25, -0.2) is 4.79 Å². The highest BCUT2D eigenvalue weighted by Crippen LogP contribution is 2.03. The van der Waals surface area contributed by atoms with Crippen molar-refractivity contribution in [1.29, 1.82) is 0 Å². The summed E-state index contributed by atoms with van der Waals surface area (Å²) in [5.74, 6) is -0.571. The normalized spacial score (nSPS) is 11.1. The molecule has 0 atom stereocenters. The van der Waals surface area contributed by atoms with E-state index in [1.54, 1.807) is 6.92 Å². The largest absolute Gasteiger partial charge is 0.463 e. The van der Waals surface area contributed by atoms with Crippen LogP contribution >= 0.6 is 0 Å². The Labute approximate surface area is 264 Å². The average Bonchev–Trinajstić information content (AvgIpc) is 3.01. The van der Waals surface area contributed by atoms with Crippen molar-refractivity contribution in [2.75, 3.05) is 132 Å². The molecule has 0 rings (SSSR count). The minimum Gasteiger partial charge on any atom is -0.463 e. The molecule has 44 heavy (non-hydrogen) atoms. The molecule has 0 aliphatic heterocycles. The molecule has 0 aromatic heterocycles. The van der Waals surface area contributed by atoms with Crippen molar-refractivity contribution in [3.05, 3.63) is 12.2 Å². The van der Waals surface area contributed by atoms with Gasteiger partial charge in [0.15, 0.2) is 0 Å². The van der Waals surface area contributed by atoms with Crippen LogP contribution in [0.5, 0.6) is 0 Å². The highest BCUT2D eigenvalue weighted by molar-refractivity contribution is 5.86. The van der Waals surface area contributed by atoms with E-state index in [1.165, 1.54) is 0 Å². The van der Waals surface area contributed by atoms with Crippen molar-refractivity contribution in [2.24, 2.45) is 0 Å². The van der Waals surface area contributed by atoms with Crippen LogP contribution in [0.1, 0.15) is 46.0 Å². The molecule has 0 amide bonds. The molecule has 0 aromatic carbocycles. The van der Waals surface area contributed by atoms with E-state index in [2.05, 4.69) is 13.5 Å². The summed E-state index contributed by atoms with van der Waals surface area (Å²) >= 11 is 0. The Morgan fingerprint density at radius 1 is 0.432 bits per heavy atom. The lowest BCUT2D eigenvalue weighted by Gasteiger charge is -2.09. The Bertz CT molecular complexity index is 648. The molecular weight excluding hydrogens is 580 g/mol. The summed E-state index contributed by atoms with van der Waals surface area (Å²) in [6, 6.07) is 0. The zero-order valence-corrected chi connectivity index (χ0v) is 27.2. The summed E-state index contributed by atoms with van der Waals surface area (Å²) in [4.78, 5) is 22.7. The summed E-state index contributed by atoms with van der Waals surface area (Å²) in [5, 5.41) is 0. The summed E-state index contributed by atoms with van der Waals surface area (Å²) in [7, 11) is 0. The maximum atomic E-state index is 11.5. The molecule has 13 heteroatoms. The molecule has 0 aromatic rings. The van der Waals surface area contributed by atoms with E-state index in [0.717, 1.165) is 25.7 Å². The maximum Gasteiger partial charge on any atom is 0.333 e. The minimum absolute atomic E-state index is 0.156. The first-order valence-electron chi connectivity index (χ1n) is 15.8. The Morgan fingerprint density at radius 3 is 1.02 bits per heavy atom. The number of esters is 2. The summed E-state index contributed by atoms with van der Waals surface area (Å²) in [6.07, 6.45) is 4.74. The number of hydrogen-bond acceptors (Lipinski definition) is 13. The molecule has 0 unspecified atom stereocenters. The van der Waals surface area contributed by atoms with Crippen molar-refractivity contribution in [2.45, 2.75) is 46.0 Å². The Hall–Kier alpha value is -1.68. The third-order valence-electron chi connectivity index (χ3n) is 5.51. The molecule has 0 spiro atoms. The van der Waals surface area contributed by atoms with Crippen LogP contribution in [0.4, 0.5) is 0 Å². The molecular formula is C31H58O13. The minimum atomic E-state index is -0.415. The zero-order valence-electron chi connectivity index (χ0n) is 27.2. The molecule has 0 radical (unpaired) electrons. The van der Waals surface area contributed by atoms with Gasteiger partial charge < -0.3 is 52.1 Å². The fourth-order valence-corrected chi connectivity index (χ4v) is 3.16. The molecule has 260 valence electrons. The third kappa shape index (κ3) is 34.8. The predicted octanol–water partition coefficient (Wildman–Crippen LogP) is 2.77.